The number of rotatable bonds is 3. The van der Waals surface area contributed by atoms with E-state index in [0.29, 0.717) is 0 Å². The highest BCUT2D eigenvalue weighted by Gasteiger charge is 2.42. The van der Waals surface area contributed by atoms with Crippen molar-refractivity contribution in [1.82, 2.24) is 20.6 Å². The van der Waals surface area contributed by atoms with E-state index in [1.54, 1.807) is 14.1 Å². The standard InChI is InChI=1S/C12H17F2N5O2/c1-19(2)11-16-7(5-9(20)18-11)10(21)17-8-6-15-4-3-12(8,13)14/h5,8,15H,3-4,6H2,1-2H3,(H,17,21)(H,16,18,20). The number of anilines is 1. The van der Waals surface area contributed by atoms with Crippen LogP contribution in [-0.2, 0) is 0 Å². The van der Waals surface area contributed by atoms with E-state index in [2.05, 4.69) is 20.6 Å². The summed E-state index contributed by atoms with van der Waals surface area (Å²) in [5.41, 5.74) is -0.712. The number of nitrogens with zero attached hydrogens (tertiary/aromatic N) is 2. The first-order valence-electron chi connectivity index (χ1n) is 6.48. The van der Waals surface area contributed by atoms with Gasteiger partial charge in [0.05, 0.1) is 0 Å². The van der Waals surface area contributed by atoms with Gasteiger partial charge >= 0.3 is 0 Å². The fourth-order valence-electron chi connectivity index (χ4n) is 1.99. The summed E-state index contributed by atoms with van der Waals surface area (Å²) in [5.74, 6) is -3.59. The molecule has 1 aliphatic heterocycles. The van der Waals surface area contributed by atoms with Gasteiger partial charge in [0.2, 0.25) is 5.95 Å². The summed E-state index contributed by atoms with van der Waals surface area (Å²) in [7, 11) is 3.28. The molecule has 3 N–H and O–H groups in total. The van der Waals surface area contributed by atoms with Crippen molar-refractivity contribution in [3.8, 4) is 0 Å². The maximum absolute atomic E-state index is 13.7. The number of piperidine rings is 1. The molecule has 0 aliphatic carbocycles. The number of hydrogen-bond acceptors (Lipinski definition) is 5. The number of aromatic nitrogens is 2. The molecule has 0 aromatic carbocycles. The third-order valence-electron chi connectivity index (χ3n) is 3.18. The molecule has 2 rings (SSSR count). The van der Waals surface area contributed by atoms with Gasteiger partial charge in [-0.2, -0.15) is 0 Å². The molecular formula is C12H17F2N5O2. The number of halogens is 2. The molecule has 1 aromatic heterocycles. The summed E-state index contributed by atoms with van der Waals surface area (Å²) in [6, 6.07) is -0.334. The monoisotopic (exact) mass is 301 g/mol. The minimum absolute atomic E-state index is 0.0253. The smallest absolute Gasteiger partial charge is 0.270 e. The van der Waals surface area contributed by atoms with Gasteiger partial charge in [0.15, 0.2) is 0 Å². The van der Waals surface area contributed by atoms with Crippen molar-refractivity contribution >= 4 is 11.9 Å². The number of aromatic amines is 1. The maximum Gasteiger partial charge on any atom is 0.270 e. The van der Waals surface area contributed by atoms with E-state index in [-0.39, 0.29) is 31.2 Å². The summed E-state index contributed by atoms with van der Waals surface area (Å²) >= 11 is 0. The minimum Gasteiger partial charge on any atom is -0.348 e. The quantitative estimate of drug-likeness (QED) is 0.704. The first kappa shape index (κ1) is 15.4. The maximum atomic E-state index is 13.7. The van der Waals surface area contributed by atoms with Crippen LogP contribution in [0, 0.1) is 0 Å². The van der Waals surface area contributed by atoms with Crippen molar-refractivity contribution in [3.63, 3.8) is 0 Å². The van der Waals surface area contributed by atoms with Gasteiger partial charge in [-0.25, -0.2) is 13.8 Å². The lowest BCUT2D eigenvalue weighted by Crippen LogP contribution is -2.57. The zero-order valence-corrected chi connectivity index (χ0v) is 11.7. The van der Waals surface area contributed by atoms with Gasteiger partial charge in [0.25, 0.3) is 17.4 Å². The molecule has 1 saturated heterocycles. The molecule has 116 valence electrons. The Kier molecular flexibility index (Phi) is 4.21. The van der Waals surface area contributed by atoms with Crippen molar-refractivity contribution in [2.45, 2.75) is 18.4 Å². The van der Waals surface area contributed by atoms with Gasteiger partial charge < -0.3 is 15.5 Å². The second-order valence-corrected chi connectivity index (χ2v) is 5.09. The number of amides is 1. The molecule has 9 heteroatoms. The van der Waals surface area contributed by atoms with E-state index in [1.807, 2.05) is 0 Å². The third kappa shape index (κ3) is 3.54. The number of carbonyl (C=O) groups is 1. The molecule has 0 bridgehead atoms. The molecule has 7 nitrogen and oxygen atoms in total. The number of alkyl halides is 2. The SMILES string of the molecule is CN(C)c1nc(C(=O)NC2CNCCC2(F)F)cc(=O)[nH]1. The van der Waals surface area contributed by atoms with Crippen LogP contribution in [0.15, 0.2) is 10.9 Å². The Bertz CT molecular complexity index is 587. The first-order valence-corrected chi connectivity index (χ1v) is 6.48. The van der Waals surface area contributed by atoms with Crippen LogP contribution in [0.4, 0.5) is 14.7 Å². The van der Waals surface area contributed by atoms with Crippen LogP contribution in [0.3, 0.4) is 0 Å². The number of H-pyrrole nitrogens is 1. The highest BCUT2D eigenvalue weighted by atomic mass is 19.3. The minimum atomic E-state index is -2.98. The number of hydrogen-bond donors (Lipinski definition) is 3. The fraction of sp³-hybridized carbons (Fsp3) is 0.583. The lowest BCUT2D eigenvalue weighted by molar-refractivity contribution is -0.0543. The lowest BCUT2D eigenvalue weighted by atomic mass is 10.0. The largest absolute Gasteiger partial charge is 0.348 e. The predicted octanol–water partition coefficient (Wildman–Crippen LogP) is -0.437. The van der Waals surface area contributed by atoms with E-state index < -0.39 is 23.4 Å². The number of carbonyl (C=O) groups excluding carboxylic acids is 1. The third-order valence-corrected chi connectivity index (χ3v) is 3.18. The molecule has 21 heavy (non-hydrogen) atoms. The van der Waals surface area contributed by atoms with Crippen molar-refractivity contribution in [2.24, 2.45) is 0 Å². The highest BCUT2D eigenvalue weighted by Crippen LogP contribution is 2.25. The normalized spacial score (nSPS) is 20.9. The van der Waals surface area contributed by atoms with E-state index in [1.165, 1.54) is 4.90 Å². The summed E-state index contributed by atoms with van der Waals surface area (Å²) in [5, 5.41) is 5.03. The van der Waals surface area contributed by atoms with Gasteiger partial charge in [-0.15, -0.1) is 0 Å². The topological polar surface area (TPSA) is 90.1 Å². The van der Waals surface area contributed by atoms with E-state index in [9.17, 15) is 18.4 Å². The van der Waals surface area contributed by atoms with Gasteiger partial charge in [-0.3, -0.25) is 14.6 Å². The Hall–Kier alpha value is -2.03. The van der Waals surface area contributed by atoms with Crippen LogP contribution in [0.5, 0.6) is 0 Å². The molecule has 1 unspecified atom stereocenters. The zero-order valence-electron chi connectivity index (χ0n) is 11.7. The Morgan fingerprint density at radius 3 is 2.86 bits per heavy atom. The second-order valence-electron chi connectivity index (χ2n) is 5.09. The van der Waals surface area contributed by atoms with Crippen molar-refractivity contribution in [3.05, 3.63) is 22.1 Å². The van der Waals surface area contributed by atoms with Crippen molar-refractivity contribution in [1.29, 1.82) is 0 Å². The molecule has 2 heterocycles. The summed E-state index contributed by atoms with van der Waals surface area (Å²) in [4.78, 5) is 31.4. The predicted molar refractivity (Wildman–Crippen MR) is 72.9 cm³/mol. The van der Waals surface area contributed by atoms with E-state index >= 15 is 0 Å². The lowest BCUT2D eigenvalue weighted by Gasteiger charge is -2.32. The first-order chi connectivity index (χ1) is 9.79. The van der Waals surface area contributed by atoms with Crippen LogP contribution < -0.4 is 21.1 Å². The van der Waals surface area contributed by atoms with E-state index in [4.69, 9.17) is 0 Å². The van der Waals surface area contributed by atoms with Crippen molar-refractivity contribution < 1.29 is 13.6 Å². The summed E-state index contributed by atoms with van der Waals surface area (Å²) in [6.07, 6.45) is -0.344. The van der Waals surface area contributed by atoms with Gasteiger partial charge in [-0.1, -0.05) is 0 Å². The molecule has 1 aliphatic rings. The number of nitrogens with one attached hydrogen (secondary N) is 3. The van der Waals surface area contributed by atoms with Crippen LogP contribution in [0.25, 0.3) is 0 Å². The molecule has 0 saturated carbocycles. The average Bonchev–Trinajstić information content (AvgIpc) is 2.40. The molecule has 1 aromatic rings. The molecule has 0 radical (unpaired) electrons. The van der Waals surface area contributed by atoms with Crippen LogP contribution in [-0.4, -0.2) is 55.0 Å². The fourth-order valence-corrected chi connectivity index (χ4v) is 1.99. The zero-order chi connectivity index (χ0) is 15.6. The molecule has 1 amide bonds. The Labute approximate surface area is 119 Å². The van der Waals surface area contributed by atoms with E-state index in [0.717, 1.165) is 6.07 Å². The second kappa shape index (κ2) is 5.76. The van der Waals surface area contributed by atoms with Gasteiger partial charge in [0.1, 0.15) is 11.7 Å². The Morgan fingerprint density at radius 2 is 2.24 bits per heavy atom. The molecule has 1 fully saturated rings. The summed E-state index contributed by atoms with van der Waals surface area (Å²) < 4.78 is 27.4. The Morgan fingerprint density at radius 1 is 1.52 bits per heavy atom. The Balaban J connectivity index is 2.18. The van der Waals surface area contributed by atoms with Gasteiger partial charge in [0, 0.05) is 39.7 Å². The molecule has 1 atom stereocenters. The average molecular weight is 301 g/mol. The van der Waals surface area contributed by atoms with Crippen LogP contribution in [0.1, 0.15) is 16.9 Å². The van der Waals surface area contributed by atoms with Crippen LogP contribution in [0.2, 0.25) is 0 Å². The van der Waals surface area contributed by atoms with Crippen LogP contribution >= 0.6 is 0 Å². The van der Waals surface area contributed by atoms with Crippen molar-refractivity contribution in [2.75, 3.05) is 32.1 Å². The summed E-state index contributed by atoms with van der Waals surface area (Å²) in [6.45, 7) is 0.176. The highest BCUT2D eigenvalue weighted by molar-refractivity contribution is 5.92. The van der Waals surface area contributed by atoms with Gasteiger partial charge in [-0.05, 0) is 0 Å². The molecule has 0 spiro atoms. The molecular weight excluding hydrogens is 284 g/mol.